The summed E-state index contributed by atoms with van der Waals surface area (Å²) in [6, 6.07) is 11.6. The van der Waals surface area contributed by atoms with Gasteiger partial charge in [-0.25, -0.2) is 0 Å². The van der Waals surface area contributed by atoms with E-state index in [1.54, 1.807) is 0 Å². The Morgan fingerprint density at radius 2 is 1.83 bits per heavy atom. The highest BCUT2D eigenvalue weighted by Crippen LogP contribution is 2.27. The molecule has 0 amide bonds. The van der Waals surface area contributed by atoms with Gasteiger partial charge in [0.15, 0.2) is 5.82 Å². The van der Waals surface area contributed by atoms with Crippen molar-refractivity contribution in [3.05, 3.63) is 88.7 Å². The zero-order valence-electron chi connectivity index (χ0n) is 17.6. The van der Waals surface area contributed by atoms with Crippen molar-refractivity contribution >= 4 is 23.2 Å². The lowest BCUT2D eigenvalue weighted by molar-refractivity contribution is 0.444. The molecule has 0 fully saturated rings. The molecular formula is C24H25ClN4O. The number of hydrogen-bond acceptors (Lipinski definition) is 4. The molecule has 2 N–H and O–H groups in total. The Bertz CT molecular complexity index is 1090. The second-order valence-electron chi connectivity index (χ2n) is 7.08. The molecule has 6 heteroatoms. The minimum Gasteiger partial charge on any atom is -0.457 e. The number of aryl methyl sites for hydroxylation is 2. The van der Waals surface area contributed by atoms with Gasteiger partial charge in [0, 0.05) is 16.3 Å². The molecule has 0 bridgehead atoms. The molecule has 0 saturated carbocycles. The number of rotatable bonds is 7. The van der Waals surface area contributed by atoms with Crippen LogP contribution in [0.3, 0.4) is 0 Å². The largest absolute Gasteiger partial charge is 0.457 e. The third kappa shape index (κ3) is 5.39. The first-order valence-corrected chi connectivity index (χ1v) is 9.98. The highest BCUT2D eigenvalue weighted by Gasteiger charge is 2.09. The summed E-state index contributed by atoms with van der Waals surface area (Å²) in [6.07, 6.45) is 5.72. The van der Waals surface area contributed by atoms with E-state index in [0.29, 0.717) is 11.8 Å². The molecule has 30 heavy (non-hydrogen) atoms. The summed E-state index contributed by atoms with van der Waals surface area (Å²) in [5, 5.41) is 11.2. The Kier molecular flexibility index (Phi) is 6.75. The first kappa shape index (κ1) is 21.4. The normalized spacial score (nSPS) is 11.7. The zero-order valence-corrected chi connectivity index (χ0v) is 18.3. The van der Waals surface area contributed by atoms with Gasteiger partial charge in [0.2, 0.25) is 5.95 Å². The van der Waals surface area contributed by atoms with E-state index in [2.05, 4.69) is 27.1 Å². The fourth-order valence-corrected chi connectivity index (χ4v) is 3.04. The quantitative estimate of drug-likeness (QED) is 0.322. The molecule has 0 saturated heterocycles. The van der Waals surface area contributed by atoms with E-state index in [4.69, 9.17) is 16.3 Å². The van der Waals surface area contributed by atoms with E-state index in [-0.39, 0.29) is 0 Å². The Balaban J connectivity index is 1.73. The van der Waals surface area contributed by atoms with Gasteiger partial charge in [0.25, 0.3) is 0 Å². The van der Waals surface area contributed by atoms with Crippen LogP contribution < -0.4 is 10.1 Å². The first-order chi connectivity index (χ1) is 14.4. The van der Waals surface area contributed by atoms with Crippen LogP contribution in [0.4, 0.5) is 11.6 Å². The van der Waals surface area contributed by atoms with Crippen LogP contribution >= 0.6 is 11.6 Å². The SMILES string of the molecule is C=C(C)/C=C(\C=C/C)Oc1ccc(-c2nc(Nc3cc(C)c(Cl)c(C)c3)n[nH]2)cc1. The minimum absolute atomic E-state index is 0.492. The zero-order chi connectivity index (χ0) is 21.7. The molecule has 0 unspecified atom stereocenters. The number of halogens is 1. The fourth-order valence-electron chi connectivity index (χ4n) is 2.93. The maximum Gasteiger partial charge on any atom is 0.246 e. The Hall–Kier alpha value is -3.31. The van der Waals surface area contributed by atoms with Crippen molar-refractivity contribution in [2.75, 3.05) is 5.32 Å². The number of anilines is 2. The smallest absolute Gasteiger partial charge is 0.246 e. The first-order valence-electron chi connectivity index (χ1n) is 9.60. The number of nitrogens with zero attached hydrogens (tertiary/aromatic N) is 2. The van der Waals surface area contributed by atoms with Crippen LogP contribution in [-0.2, 0) is 0 Å². The minimum atomic E-state index is 0.492. The molecule has 3 aromatic rings. The summed E-state index contributed by atoms with van der Waals surface area (Å²) in [5.41, 5.74) is 4.73. The Morgan fingerprint density at radius 1 is 1.17 bits per heavy atom. The van der Waals surface area contributed by atoms with Gasteiger partial charge in [0.05, 0.1) is 0 Å². The number of ether oxygens (including phenoxy) is 1. The van der Waals surface area contributed by atoms with E-state index < -0.39 is 0 Å². The van der Waals surface area contributed by atoms with E-state index in [9.17, 15) is 0 Å². The molecule has 0 aliphatic carbocycles. The molecule has 0 atom stereocenters. The third-order valence-corrected chi connectivity index (χ3v) is 4.86. The molecule has 0 radical (unpaired) electrons. The van der Waals surface area contributed by atoms with Gasteiger partial charge < -0.3 is 10.1 Å². The average Bonchev–Trinajstić information content (AvgIpc) is 3.15. The van der Waals surface area contributed by atoms with Gasteiger partial charge in [-0.05, 0) is 87.4 Å². The van der Waals surface area contributed by atoms with Crippen molar-refractivity contribution in [2.45, 2.75) is 27.7 Å². The lowest BCUT2D eigenvalue weighted by Crippen LogP contribution is -1.94. The van der Waals surface area contributed by atoms with Crippen molar-refractivity contribution in [2.24, 2.45) is 0 Å². The molecule has 1 aromatic heterocycles. The van der Waals surface area contributed by atoms with Gasteiger partial charge in [-0.1, -0.05) is 29.8 Å². The second-order valence-corrected chi connectivity index (χ2v) is 7.45. The Labute approximate surface area is 182 Å². The van der Waals surface area contributed by atoms with E-state index >= 15 is 0 Å². The number of benzene rings is 2. The number of allylic oxidation sites excluding steroid dienone is 4. The third-order valence-electron chi connectivity index (χ3n) is 4.26. The van der Waals surface area contributed by atoms with Crippen molar-refractivity contribution in [3.63, 3.8) is 0 Å². The molecule has 5 nitrogen and oxygen atoms in total. The van der Waals surface area contributed by atoms with Gasteiger partial charge in [-0.3, -0.25) is 5.10 Å². The van der Waals surface area contributed by atoms with Crippen molar-refractivity contribution in [3.8, 4) is 17.1 Å². The molecule has 2 aromatic carbocycles. The van der Waals surface area contributed by atoms with Crippen LogP contribution in [0, 0.1) is 13.8 Å². The predicted octanol–water partition coefficient (Wildman–Crippen LogP) is 6.90. The maximum absolute atomic E-state index is 6.24. The van der Waals surface area contributed by atoms with Gasteiger partial charge in [-0.2, -0.15) is 4.98 Å². The Morgan fingerprint density at radius 3 is 2.43 bits per heavy atom. The topological polar surface area (TPSA) is 62.8 Å². The number of aromatic amines is 1. The van der Waals surface area contributed by atoms with Crippen molar-refractivity contribution in [1.82, 2.24) is 15.2 Å². The average molecular weight is 421 g/mol. The number of H-pyrrole nitrogens is 1. The monoisotopic (exact) mass is 420 g/mol. The number of nitrogens with one attached hydrogen (secondary N) is 2. The molecule has 154 valence electrons. The highest BCUT2D eigenvalue weighted by molar-refractivity contribution is 6.32. The fraction of sp³-hybridized carbons (Fsp3) is 0.167. The summed E-state index contributed by atoms with van der Waals surface area (Å²) < 4.78 is 5.92. The van der Waals surface area contributed by atoms with Crippen LogP contribution in [0.25, 0.3) is 11.4 Å². The molecule has 3 rings (SSSR count). The number of aromatic nitrogens is 3. The van der Waals surface area contributed by atoms with Crippen molar-refractivity contribution in [1.29, 1.82) is 0 Å². The summed E-state index contributed by atoms with van der Waals surface area (Å²) in [7, 11) is 0. The lowest BCUT2D eigenvalue weighted by Gasteiger charge is -2.08. The summed E-state index contributed by atoms with van der Waals surface area (Å²) in [5.74, 6) is 2.62. The van der Waals surface area contributed by atoms with Crippen LogP contribution in [0.15, 0.2) is 72.5 Å². The van der Waals surface area contributed by atoms with Crippen LogP contribution in [0.1, 0.15) is 25.0 Å². The highest BCUT2D eigenvalue weighted by atomic mass is 35.5. The van der Waals surface area contributed by atoms with E-state index in [1.807, 2.05) is 82.3 Å². The molecule has 0 aliphatic heterocycles. The summed E-state index contributed by atoms with van der Waals surface area (Å²) >= 11 is 6.24. The van der Waals surface area contributed by atoms with Crippen molar-refractivity contribution < 1.29 is 4.74 Å². The molecule has 0 spiro atoms. The number of hydrogen-bond donors (Lipinski definition) is 2. The van der Waals surface area contributed by atoms with Gasteiger partial charge >= 0.3 is 0 Å². The molecule has 1 heterocycles. The van der Waals surface area contributed by atoms with Crippen LogP contribution in [-0.4, -0.2) is 15.2 Å². The molecule has 0 aliphatic rings. The standard InChI is InChI=1S/C24H25ClN4O/c1-6-7-21(12-15(2)3)30-20-10-8-18(9-11-20)23-27-24(29-28-23)26-19-13-16(4)22(25)17(5)14-19/h6-14H,2H2,1,3-5H3,(H2,26,27,28,29)/b7-6-,21-12+. The lowest BCUT2D eigenvalue weighted by atomic mass is 10.1. The maximum atomic E-state index is 6.24. The summed E-state index contributed by atoms with van der Waals surface area (Å²) in [6.45, 7) is 11.7. The van der Waals surface area contributed by atoms with Crippen LogP contribution in [0.5, 0.6) is 5.75 Å². The predicted molar refractivity (Wildman–Crippen MR) is 124 cm³/mol. The second kappa shape index (κ2) is 9.46. The van der Waals surface area contributed by atoms with E-state index in [0.717, 1.165) is 44.5 Å². The van der Waals surface area contributed by atoms with Gasteiger partial charge in [0.1, 0.15) is 11.5 Å². The summed E-state index contributed by atoms with van der Waals surface area (Å²) in [4.78, 5) is 4.53. The van der Waals surface area contributed by atoms with E-state index in [1.165, 1.54) is 0 Å². The van der Waals surface area contributed by atoms with Gasteiger partial charge in [-0.15, -0.1) is 5.10 Å². The van der Waals surface area contributed by atoms with Crippen LogP contribution in [0.2, 0.25) is 5.02 Å². The molecular weight excluding hydrogens is 396 g/mol.